The Labute approximate surface area is 252 Å². The van der Waals surface area contributed by atoms with Gasteiger partial charge in [-0.1, -0.05) is 30.7 Å². The van der Waals surface area contributed by atoms with Gasteiger partial charge in [-0.05, 0) is 94.7 Å². The van der Waals surface area contributed by atoms with Crippen LogP contribution in [0.2, 0.25) is 0 Å². The van der Waals surface area contributed by atoms with Crippen molar-refractivity contribution in [1.82, 2.24) is 9.91 Å². The van der Waals surface area contributed by atoms with Crippen LogP contribution in [0.5, 0.6) is 11.5 Å². The van der Waals surface area contributed by atoms with Crippen LogP contribution < -0.4 is 14.4 Å². The first-order valence-electron chi connectivity index (χ1n) is 14.3. The number of unbranched alkanes of at least 4 members (excludes halogenated alkanes) is 3. The molecule has 2 aliphatic rings. The molecular weight excluding hydrogens is 556 g/mol. The number of thioether (sulfide) groups is 1. The lowest BCUT2D eigenvalue weighted by Crippen LogP contribution is -2.38. The summed E-state index contributed by atoms with van der Waals surface area (Å²) in [5.41, 5.74) is 3.77. The minimum Gasteiger partial charge on any atom is -0.493 e. The smallest absolute Gasteiger partial charge is 0.438 e. The molecule has 226 valence electrons. The minimum atomic E-state index is -0.755. The van der Waals surface area contributed by atoms with Gasteiger partial charge in [0.2, 0.25) is 0 Å². The molecule has 0 bridgehead atoms. The number of aryl methyl sites for hydroxylation is 1. The number of fused-ring (bicyclic) bond motifs is 1. The summed E-state index contributed by atoms with van der Waals surface area (Å²) in [6.45, 7) is 3.77. The average Bonchev–Trinajstić information content (AvgIpc) is 2.99. The van der Waals surface area contributed by atoms with Gasteiger partial charge in [0, 0.05) is 17.8 Å². The Bertz CT molecular complexity index is 1330. The summed E-state index contributed by atoms with van der Waals surface area (Å²) in [5.74, 6) is 0.932. The summed E-state index contributed by atoms with van der Waals surface area (Å²) in [6.07, 6.45) is 4.70. The van der Waals surface area contributed by atoms with Crippen LogP contribution >= 0.6 is 11.8 Å². The molecule has 2 aromatic carbocycles. The van der Waals surface area contributed by atoms with Crippen molar-refractivity contribution in [2.24, 2.45) is 5.10 Å². The van der Waals surface area contributed by atoms with E-state index < -0.39 is 11.3 Å². The standard InChI is InChI=1S/C31H40N4O6S/c1-21-28(32-35(31(38)42-21)30(37)41-18-9-7-6-8-16-33(2)3)23-12-14-25-22(19-23)11-10-17-34(25)29(36)24-13-15-26(39-4)27(20-24)40-5/h12-15,19-21H,6-11,16-18H2,1-5H3. The zero-order valence-electron chi connectivity index (χ0n) is 25.1. The van der Waals surface area contributed by atoms with Gasteiger partial charge in [0.25, 0.3) is 5.91 Å². The fourth-order valence-corrected chi connectivity index (χ4v) is 5.90. The molecule has 1 unspecified atom stereocenters. The lowest BCUT2D eigenvalue weighted by atomic mass is 9.96. The molecule has 0 saturated heterocycles. The van der Waals surface area contributed by atoms with E-state index in [-0.39, 0.29) is 17.8 Å². The van der Waals surface area contributed by atoms with Crippen molar-refractivity contribution in [2.45, 2.75) is 50.7 Å². The largest absolute Gasteiger partial charge is 0.493 e. The van der Waals surface area contributed by atoms with Crippen LogP contribution in [0.25, 0.3) is 0 Å². The number of methoxy groups -OCH3 is 2. The fourth-order valence-electron chi connectivity index (χ4n) is 5.09. The highest BCUT2D eigenvalue weighted by Crippen LogP contribution is 2.34. The molecule has 0 radical (unpaired) electrons. The topological polar surface area (TPSA) is 101 Å². The van der Waals surface area contributed by atoms with Gasteiger partial charge in [-0.15, -0.1) is 5.01 Å². The quantitative estimate of drug-likeness (QED) is 0.299. The van der Waals surface area contributed by atoms with Gasteiger partial charge in [0.1, 0.15) is 0 Å². The molecule has 2 aromatic rings. The highest BCUT2D eigenvalue weighted by atomic mass is 32.2. The first-order valence-corrected chi connectivity index (χ1v) is 15.2. The summed E-state index contributed by atoms with van der Waals surface area (Å²) in [7, 11) is 7.20. The molecule has 2 heterocycles. The van der Waals surface area contributed by atoms with Crippen LogP contribution in [0.4, 0.5) is 15.3 Å². The van der Waals surface area contributed by atoms with Crippen LogP contribution in [0, 0.1) is 0 Å². The van der Waals surface area contributed by atoms with Gasteiger partial charge in [-0.2, -0.15) is 5.10 Å². The molecule has 2 aliphatic heterocycles. The fraction of sp³-hybridized carbons (Fsp3) is 0.484. The Kier molecular flexibility index (Phi) is 10.9. The SMILES string of the molecule is COc1ccc(C(=O)N2CCCc3cc(C4=NN(C(=O)OCCCCCCN(C)C)C(=O)SC4C)ccc32)cc1OC. The summed E-state index contributed by atoms with van der Waals surface area (Å²) in [4.78, 5) is 42.8. The minimum absolute atomic E-state index is 0.124. The maximum atomic E-state index is 13.5. The Morgan fingerprint density at radius 3 is 2.52 bits per heavy atom. The van der Waals surface area contributed by atoms with Gasteiger partial charge in [0.05, 0.1) is 31.8 Å². The summed E-state index contributed by atoms with van der Waals surface area (Å²) in [6, 6.07) is 11.0. The molecule has 0 saturated carbocycles. The summed E-state index contributed by atoms with van der Waals surface area (Å²) < 4.78 is 16.1. The van der Waals surface area contributed by atoms with Crippen LogP contribution in [0.15, 0.2) is 41.5 Å². The van der Waals surface area contributed by atoms with E-state index in [0.717, 1.165) is 78.7 Å². The molecule has 0 fully saturated rings. The van der Waals surface area contributed by atoms with Crippen LogP contribution in [-0.2, 0) is 11.2 Å². The number of hydrogen-bond acceptors (Lipinski definition) is 9. The maximum absolute atomic E-state index is 13.5. The van der Waals surface area contributed by atoms with Gasteiger partial charge in [-0.3, -0.25) is 9.59 Å². The second-order valence-electron chi connectivity index (χ2n) is 10.6. The van der Waals surface area contributed by atoms with Crippen molar-refractivity contribution in [3.63, 3.8) is 0 Å². The van der Waals surface area contributed by atoms with Crippen LogP contribution in [0.1, 0.15) is 60.5 Å². The first-order chi connectivity index (χ1) is 20.2. The number of imide groups is 1. The van der Waals surface area contributed by atoms with E-state index in [1.54, 1.807) is 37.3 Å². The molecule has 0 aromatic heterocycles. The number of benzene rings is 2. The second kappa shape index (κ2) is 14.6. The summed E-state index contributed by atoms with van der Waals surface area (Å²) >= 11 is 1.04. The van der Waals surface area contributed by atoms with E-state index >= 15 is 0 Å². The molecule has 0 aliphatic carbocycles. The van der Waals surface area contributed by atoms with Crippen molar-refractivity contribution < 1.29 is 28.6 Å². The third-order valence-corrected chi connectivity index (χ3v) is 8.26. The van der Waals surface area contributed by atoms with E-state index in [2.05, 4.69) is 10.0 Å². The van der Waals surface area contributed by atoms with E-state index in [9.17, 15) is 14.4 Å². The number of rotatable bonds is 11. The highest BCUT2D eigenvalue weighted by Gasteiger charge is 2.34. The third kappa shape index (κ3) is 7.43. The molecule has 11 heteroatoms. The second-order valence-corrected chi connectivity index (χ2v) is 11.9. The Morgan fingerprint density at radius 1 is 1.02 bits per heavy atom. The Morgan fingerprint density at radius 2 is 1.79 bits per heavy atom. The van der Waals surface area contributed by atoms with E-state index in [1.165, 1.54) is 0 Å². The van der Waals surface area contributed by atoms with Crippen LogP contribution in [0.3, 0.4) is 0 Å². The van der Waals surface area contributed by atoms with Gasteiger partial charge >= 0.3 is 11.3 Å². The molecule has 10 nitrogen and oxygen atoms in total. The molecular formula is C31H40N4O6S. The Hall–Kier alpha value is -3.57. The van der Waals surface area contributed by atoms with Crippen molar-refractivity contribution in [1.29, 1.82) is 0 Å². The van der Waals surface area contributed by atoms with E-state index in [1.807, 2.05) is 39.2 Å². The predicted molar refractivity (Wildman–Crippen MR) is 165 cm³/mol. The maximum Gasteiger partial charge on any atom is 0.438 e. The number of nitrogens with zero attached hydrogens (tertiary/aromatic N) is 4. The van der Waals surface area contributed by atoms with Crippen molar-refractivity contribution in [3.05, 3.63) is 53.1 Å². The number of hydrogen-bond donors (Lipinski definition) is 0. The lowest BCUT2D eigenvalue weighted by molar-refractivity contribution is 0.0984. The number of hydrazone groups is 1. The normalized spacial score (nSPS) is 16.7. The molecule has 1 atom stereocenters. The number of ether oxygens (including phenoxy) is 3. The van der Waals surface area contributed by atoms with Gasteiger partial charge < -0.3 is 24.0 Å². The van der Waals surface area contributed by atoms with E-state index in [4.69, 9.17) is 14.2 Å². The predicted octanol–water partition coefficient (Wildman–Crippen LogP) is 5.82. The highest BCUT2D eigenvalue weighted by molar-refractivity contribution is 8.14. The molecule has 4 rings (SSSR count). The van der Waals surface area contributed by atoms with E-state index in [0.29, 0.717) is 29.3 Å². The third-order valence-electron chi connectivity index (χ3n) is 7.31. The molecule has 0 N–H and O–H groups in total. The van der Waals surface area contributed by atoms with Crippen LogP contribution in [-0.4, -0.2) is 86.1 Å². The zero-order chi connectivity index (χ0) is 30.2. The first kappa shape index (κ1) is 31.4. The number of anilines is 1. The number of amides is 3. The van der Waals surface area contributed by atoms with Gasteiger partial charge in [0.15, 0.2) is 11.5 Å². The van der Waals surface area contributed by atoms with Crippen molar-refractivity contribution in [2.75, 3.05) is 52.9 Å². The average molecular weight is 597 g/mol. The Balaban J connectivity index is 1.46. The zero-order valence-corrected chi connectivity index (χ0v) is 25.9. The van der Waals surface area contributed by atoms with Crippen molar-refractivity contribution in [3.8, 4) is 11.5 Å². The molecule has 0 spiro atoms. The summed E-state index contributed by atoms with van der Waals surface area (Å²) in [5, 5.41) is 4.57. The lowest BCUT2D eigenvalue weighted by Gasteiger charge is -2.31. The molecule has 42 heavy (non-hydrogen) atoms. The number of carbonyl (C=O) groups is 3. The molecule has 3 amide bonds. The van der Waals surface area contributed by atoms with Crippen molar-refractivity contribution >= 4 is 40.4 Å². The number of carbonyl (C=O) groups excluding carboxylic acids is 3. The van der Waals surface area contributed by atoms with Gasteiger partial charge in [-0.25, -0.2) is 4.79 Å². The monoisotopic (exact) mass is 596 g/mol.